The predicted molar refractivity (Wildman–Crippen MR) is 115 cm³/mol. The maximum Gasteiger partial charge on any atom is 0.302 e. The molecule has 0 N–H and O–H groups in total. The Morgan fingerprint density at radius 3 is 1.04 bits per heavy atom. The fraction of sp³-hybridized carbons (Fsp3) is 0.958. The van der Waals surface area contributed by atoms with Crippen LogP contribution in [0.1, 0.15) is 142 Å². The topological polar surface area (TPSA) is 26.3 Å². The Labute approximate surface area is 164 Å². The Morgan fingerprint density at radius 2 is 0.769 bits per heavy atom. The van der Waals surface area contributed by atoms with Crippen LogP contribution < -0.4 is 0 Å². The van der Waals surface area contributed by atoms with Crippen LogP contribution in [0, 0.1) is 0 Å². The summed E-state index contributed by atoms with van der Waals surface area (Å²) in [6.45, 7) is 4.38. The van der Waals surface area contributed by atoms with Gasteiger partial charge in [-0.3, -0.25) is 4.79 Å². The first-order valence-electron chi connectivity index (χ1n) is 11.9. The van der Waals surface area contributed by atoms with Gasteiger partial charge in [-0.2, -0.15) is 0 Å². The number of carbonyl (C=O) groups is 1. The molecule has 0 aliphatic carbocycles. The highest BCUT2D eigenvalue weighted by Gasteiger charge is 1.96. The van der Waals surface area contributed by atoms with Crippen LogP contribution in [0.15, 0.2) is 0 Å². The Kier molecular flexibility index (Phi) is 22.1. The summed E-state index contributed by atoms with van der Waals surface area (Å²) in [4.78, 5) is 10.6. The van der Waals surface area contributed by atoms with Crippen molar-refractivity contribution < 1.29 is 9.53 Å². The van der Waals surface area contributed by atoms with E-state index in [1.54, 1.807) is 0 Å². The molecule has 0 aliphatic rings. The van der Waals surface area contributed by atoms with Gasteiger partial charge in [0.05, 0.1) is 6.61 Å². The highest BCUT2D eigenvalue weighted by molar-refractivity contribution is 5.65. The first-order valence-corrected chi connectivity index (χ1v) is 11.9. The van der Waals surface area contributed by atoms with Crippen molar-refractivity contribution in [1.82, 2.24) is 0 Å². The van der Waals surface area contributed by atoms with Crippen LogP contribution in [0.4, 0.5) is 0 Å². The van der Waals surface area contributed by atoms with E-state index in [9.17, 15) is 4.79 Å². The molecule has 156 valence electrons. The van der Waals surface area contributed by atoms with Crippen LogP contribution in [0.3, 0.4) is 0 Å². The summed E-state index contributed by atoms with van der Waals surface area (Å²) >= 11 is 0. The quantitative estimate of drug-likeness (QED) is 0.150. The molecule has 0 rings (SSSR count). The van der Waals surface area contributed by atoms with Gasteiger partial charge in [0.1, 0.15) is 0 Å². The second kappa shape index (κ2) is 22.5. The number of carbonyl (C=O) groups excluding carboxylic acids is 1. The zero-order chi connectivity index (χ0) is 19.1. The predicted octanol–water partition coefficient (Wildman–Crippen LogP) is 8.37. The first-order chi connectivity index (χ1) is 12.8. The molecule has 0 amide bonds. The Morgan fingerprint density at radius 1 is 0.500 bits per heavy atom. The van der Waals surface area contributed by atoms with Crippen molar-refractivity contribution in [2.45, 2.75) is 142 Å². The lowest BCUT2D eigenvalue weighted by molar-refractivity contribution is -0.141. The number of esters is 1. The molecule has 0 aromatic carbocycles. The molecular formula is C24H48O2. The van der Waals surface area contributed by atoms with Gasteiger partial charge in [0.15, 0.2) is 0 Å². The van der Waals surface area contributed by atoms with E-state index < -0.39 is 0 Å². The molecule has 2 nitrogen and oxygen atoms in total. The van der Waals surface area contributed by atoms with Crippen molar-refractivity contribution in [2.75, 3.05) is 6.61 Å². The number of rotatable bonds is 21. The standard InChI is InChI=1S/C24H48O2/c1-3-4-5-6-7-8-9-10-11-12-13-14-15-16-17-18-19-20-21-22-23-26-24(2)25/h3-23H2,1-2H3. The molecule has 0 spiro atoms. The molecule has 26 heavy (non-hydrogen) atoms. The van der Waals surface area contributed by atoms with E-state index in [0.29, 0.717) is 6.61 Å². The SMILES string of the molecule is CCCCCCCCCCCCCCCCCCCCCCOC(C)=O. The summed E-state index contributed by atoms with van der Waals surface area (Å²) in [5, 5.41) is 0. The lowest BCUT2D eigenvalue weighted by atomic mass is 10.0. The van der Waals surface area contributed by atoms with E-state index in [1.165, 1.54) is 129 Å². The second-order valence-corrected chi connectivity index (χ2v) is 8.06. The summed E-state index contributed by atoms with van der Waals surface area (Å²) in [6, 6.07) is 0. The highest BCUT2D eigenvalue weighted by atomic mass is 16.5. The van der Waals surface area contributed by atoms with Crippen LogP contribution in [-0.2, 0) is 9.53 Å². The molecule has 0 aromatic heterocycles. The van der Waals surface area contributed by atoms with Gasteiger partial charge in [-0.1, -0.05) is 129 Å². The van der Waals surface area contributed by atoms with Crippen LogP contribution in [0.2, 0.25) is 0 Å². The maximum absolute atomic E-state index is 10.6. The Balaban J connectivity index is 2.98. The maximum atomic E-state index is 10.6. The van der Waals surface area contributed by atoms with Gasteiger partial charge in [-0.15, -0.1) is 0 Å². The van der Waals surface area contributed by atoms with Crippen LogP contribution >= 0.6 is 0 Å². The van der Waals surface area contributed by atoms with Gasteiger partial charge in [0, 0.05) is 6.92 Å². The van der Waals surface area contributed by atoms with E-state index in [2.05, 4.69) is 6.92 Å². The highest BCUT2D eigenvalue weighted by Crippen LogP contribution is 2.14. The van der Waals surface area contributed by atoms with E-state index in [-0.39, 0.29) is 5.97 Å². The molecule has 2 heteroatoms. The van der Waals surface area contributed by atoms with E-state index >= 15 is 0 Å². The fourth-order valence-corrected chi connectivity index (χ4v) is 3.57. The third-order valence-corrected chi connectivity index (χ3v) is 5.30. The number of ether oxygens (including phenoxy) is 1. The molecule has 0 radical (unpaired) electrons. The number of unbranched alkanes of at least 4 members (excludes halogenated alkanes) is 19. The Hall–Kier alpha value is -0.530. The van der Waals surface area contributed by atoms with Gasteiger partial charge < -0.3 is 4.74 Å². The van der Waals surface area contributed by atoms with Crippen LogP contribution in [0.5, 0.6) is 0 Å². The smallest absolute Gasteiger partial charge is 0.302 e. The molecular weight excluding hydrogens is 320 g/mol. The normalized spacial score (nSPS) is 11.0. The molecule has 0 aliphatic heterocycles. The average Bonchev–Trinajstić information content (AvgIpc) is 2.62. The van der Waals surface area contributed by atoms with Gasteiger partial charge in [-0.05, 0) is 6.42 Å². The largest absolute Gasteiger partial charge is 0.466 e. The average molecular weight is 369 g/mol. The first kappa shape index (κ1) is 25.5. The molecule has 0 atom stereocenters. The molecule has 0 fully saturated rings. The summed E-state index contributed by atoms with van der Waals surface area (Å²) in [7, 11) is 0. The summed E-state index contributed by atoms with van der Waals surface area (Å²) in [5.41, 5.74) is 0. The minimum atomic E-state index is -0.150. The lowest BCUT2D eigenvalue weighted by Crippen LogP contribution is -2.00. The van der Waals surface area contributed by atoms with Crippen molar-refractivity contribution in [3.8, 4) is 0 Å². The molecule has 0 aromatic rings. The van der Waals surface area contributed by atoms with Crippen molar-refractivity contribution >= 4 is 5.97 Å². The van der Waals surface area contributed by atoms with E-state index in [1.807, 2.05) is 0 Å². The van der Waals surface area contributed by atoms with Gasteiger partial charge >= 0.3 is 5.97 Å². The summed E-state index contributed by atoms with van der Waals surface area (Å²) in [6.07, 6.45) is 27.9. The summed E-state index contributed by atoms with van der Waals surface area (Å²) in [5.74, 6) is -0.150. The molecule has 0 saturated heterocycles. The minimum Gasteiger partial charge on any atom is -0.466 e. The molecule has 0 heterocycles. The zero-order valence-corrected chi connectivity index (χ0v) is 18.2. The lowest BCUT2D eigenvalue weighted by Gasteiger charge is -2.04. The molecule has 0 bridgehead atoms. The Bertz CT molecular complexity index is 275. The van der Waals surface area contributed by atoms with Crippen molar-refractivity contribution in [3.63, 3.8) is 0 Å². The molecule has 0 saturated carbocycles. The second-order valence-electron chi connectivity index (χ2n) is 8.06. The van der Waals surface area contributed by atoms with E-state index in [0.717, 1.165) is 6.42 Å². The van der Waals surface area contributed by atoms with Crippen molar-refractivity contribution in [1.29, 1.82) is 0 Å². The van der Waals surface area contributed by atoms with Gasteiger partial charge in [0.2, 0.25) is 0 Å². The number of hydrogen-bond donors (Lipinski definition) is 0. The third kappa shape index (κ3) is 23.5. The van der Waals surface area contributed by atoms with Crippen molar-refractivity contribution in [2.24, 2.45) is 0 Å². The van der Waals surface area contributed by atoms with Gasteiger partial charge in [-0.25, -0.2) is 0 Å². The molecule has 0 unspecified atom stereocenters. The number of hydrogen-bond acceptors (Lipinski definition) is 2. The van der Waals surface area contributed by atoms with Crippen LogP contribution in [0.25, 0.3) is 0 Å². The fourth-order valence-electron chi connectivity index (χ4n) is 3.57. The zero-order valence-electron chi connectivity index (χ0n) is 18.2. The third-order valence-electron chi connectivity index (χ3n) is 5.30. The summed E-state index contributed by atoms with van der Waals surface area (Å²) < 4.78 is 4.94. The minimum absolute atomic E-state index is 0.150. The van der Waals surface area contributed by atoms with Crippen LogP contribution in [-0.4, -0.2) is 12.6 Å². The van der Waals surface area contributed by atoms with Crippen molar-refractivity contribution in [3.05, 3.63) is 0 Å². The monoisotopic (exact) mass is 368 g/mol. The van der Waals surface area contributed by atoms with E-state index in [4.69, 9.17) is 4.74 Å². The van der Waals surface area contributed by atoms with Gasteiger partial charge in [0.25, 0.3) is 0 Å².